The fourth-order valence-electron chi connectivity index (χ4n) is 3.44. The molecule has 2 atom stereocenters. The van der Waals surface area contributed by atoms with Gasteiger partial charge in [-0.3, -0.25) is 9.69 Å². The first-order chi connectivity index (χ1) is 11.5. The molecule has 5 nitrogen and oxygen atoms in total. The standard InChI is InChI=1S/C18H25N3O2S/c1-4-7-21(9-12(3)22)10-15-19-17(23)16-13-6-5-11(2)8-14(13)24-18(16)20-15/h4,11-12,22H,1,5-10H2,2-3H3,(H,19,20,23)/t11-,12-/m0/s1. The third kappa shape index (κ3) is 3.61. The highest BCUT2D eigenvalue weighted by Gasteiger charge is 2.23. The number of aromatic nitrogens is 2. The summed E-state index contributed by atoms with van der Waals surface area (Å²) in [6, 6.07) is 0. The van der Waals surface area contributed by atoms with E-state index >= 15 is 0 Å². The fourth-order valence-corrected chi connectivity index (χ4v) is 4.84. The molecule has 3 rings (SSSR count). The van der Waals surface area contributed by atoms with Crippen LogP contribution in [0.4, 0.5) is 0 Å². The fraction of sp³-hybridized carbons (Fsp3) is 0.556. The molecule has 2 heterocycles. The van der Waals surface area contributed by atoms with E-state index in [4.69, 9.17) is 4.98 Å². The van der Waals surface area contributed by atoms with Crippen LogP contribution >= 0.6 is 11.3 Å². The van der Waals surface area contributed by atoms with Crippen molar-refractivity contribution in [3.63, 3.8) is 0 Å². The first kappa shape index (κ1) is 17.3. The average molecular weight is 347 g/mol. The van der Waals surface area contributed by atoms with Gasteiger partial charge in [0.2, 0.25) is 0 Å². The van der Waals surface area contributed by atoms with Gasteiger partial charge in [0.05, 0.1) is 18.0 Å². The van der Waals surface area contributed by atoms with Gasteiger partial charge in [0, 0.05) is 18.0 Å². The molecule has 0 amide bonds. The molecule has 0 saturated carbocycles. The molecule has 1 aliphatic rings. The highest BCUT2D eigenvalue weighted by Crippen LogP contribution is 2.35. The maximum atomic E-state index is 12.6. The van der Waals surface area contributed by atoms with Gasteiger partial charge in [-0.25, -0.2) is 4.98 Å². The van der Waals surface area contributed by atoms with Crippen LogP contribution in [0.5, 0.6) is 0 Å². The summed E-state index contributed by atoms with van der Waals surface area (Å²) < 4.78 is 0. The molecule has 2 aromatic heterocycles. The Labute approximate surface area is 146 Å². The Balaban J connectivity index is 1.93. The number of rotatable bonds is 6. The van der Waals surface area contributed by atoms with E-state index in [0.717, 1.165) is 29.5 Å². The maximum Gasteiger partial charge on any atom is 0.259 e. The number of hydrogen-bond donors (Lipinski definition) is 2. The van der Waals surface area contributed by atoms with E-state index in [9.17, 15) is 9.90 Å². The van der Waals surface area contributed by atoms with Crippen LogP contribution in [-0.2, 0) is 19.4 Å². The maximum absolute atomic E-state index is 12.6. The number of H-pyrrole nitrogens is 1. The zero-order valence-corrected chi connectivity index (χ0v) is 15.2. The van der Waals surface area contributed by atoms with Crippen molar-refractivity contribution in [2.75, 3.05) is 13.1 Å². The predicted octanol–water partition coefficient (Wildman–Crippen LogP) is 2.48. The van der Waals surface area contributed by atoms with Crippen LogP contribution < -0.4 is 5.56 Å². The quantitative estimate of drug-likeness (QED) is 0.788. The summed E-state index contributed by atoms with van der Waals surface area (Å²) >= 11 is 1.67. The molecule has 0 saturated heterocycles. The number of aryl methyl sites for hydroxylation is 1. The summed E-state index contributed by atoms with van der Waals surface area (Å²) in [4.78, 5) is 24.4. The molecule has 0 fully saturated rings. The van der Waals surface area contributed by atoms with Crippen LogP contribution in [0.2, 0.25) is 0 Å². The lowest BCUT2D eigenvalue weighted by Gasteiger charge is -2.21. The van der Waals surface area contributed by atoms with Crippen LogP contribution in [0, 0.1) is 5.92 Å². The molecule has 24 heavy (non-hydrogen) atoms. The monoisotopic (exact) mass is 347 g/mol. The van der Waals surface area contributed by atoms with Gasteiger partial charge in [-0.05, 0) is 37.7 Å². The van der Waals surface area contributed by atoms with Crippen molar-refractivity contribution in [1.82, 2.24) is 14.9 Å². The zero-order valence-electron chi connectivity index (χ0n) is 14.3. The molecule has 0 radical (unpaired) electrons. The zero-order chi connectivity index (χ0) is 17.3. The van der Waals surface area contributed by atoms with E-state index in [0.29, 0.717) is 31.4 Å². The number of fused-ring (bicyclic) bond motifs is 3. The van der Waals surface area contributed by atoms with Gasteiger partial charge in [-0.2, -0.15) is 0 Å². The van der Waals surface area contributed by atoms with Gasteiger partial charge >= 0.3 is 0 Å². The lowest BCUT2D eigenvalue weighted by molar-refractivity contribution is 0.128. The van der Waals surface area contributed by atoms with E-state index in [1.807, 2.05) is 4.90 Å². The Hall–Kier alpha value is -1.50. The first-order valence-electron chi connectivity index (χ1n) is 8.52. The van der Waals surface area contributed by atoms with Crippen LogP contribution in [0.15, 0.2) is 17.4 Å². The highest BCUT2D eigenvalue weighted by atomic mass is 32.1. The number of nitrogens with one attached hydrogen (secondary N) is 1. The van der Waals surface area contributed by atoms with E-state index in [2.05, 4.69) is 18.5 Å². The topological polar surface area (TPSA) is 69.2 Å². The van der Waals surface area contributed by atoms with E-state index in [1.54, 1.807) is 24.3 Å². The van der Waals surface area contributed by atoms with Crippen molar-refractivity contribution in [2.24, 2.45) is 5.92 Å². The van der Waals surface area contributed by atoms with Gasteiger partial charge < -0.3 is 10.1 Å². The van der Waals surface area contributed by atoms with Crippen LogP contribution in [0.25, 0.3) is 10.2 Å². The summed E-state index contributed by atoms with van der Waals surface area (Å²) in [6.45, 7) is 9.44. The lowest BCUT2D eigenvalue weighted by atomic mass is 9.89. The molecule has 130 valence electrons. The van der Waals surface area contributed by atoms with Crippen LogP contribution in [0.3, 0.4) is 0 Å². The largest absolute Gasteiger partial charge is 0.392 e. The van der Waals surface area contributed by atoms with Crippen molar-refractivity contribution in [1.29, 1.82) is 0 Å². The van der Waals surface area contributed by atoms with Gasteiger partial charge in [0.1, 0.15) is 10.7 Å². The van der Waals surface area contributed by atoms with E-state index in [-0.39, 0.29) is 5.56 Å². The number of aliphatic hydroxyl groups is 1. The molecule has 0 aromatic carbocycles. The second-order valence-corrected chi connectivity index (χ2v) is 7.96. The summed E-state index contributed by atoms with van der Waals surface area (Å²) in [5, 5.41) is 10.4. The smallest absolute Gasteiger partial charge is 0.259 e. The van der Waals surface area contributed by atoms with Gasteiger partial charge in [-0.1, -0.05) is 13.0 Å². The molecule has 6 heteroatoms. The SMILES string of the molecule is C=CCN(Cc1nc2sc3c(c2c(=O)[nH]1)CC[C@H](C)C3)C[C@H](C)O. The van der Waals surface area contributed by atoms with Crippen molar-refractivity contribution < 1.29 is 5.11 Å². The Bertz CT molecular complexity index is 793. The second kappa shape index (κ2) is 7.17. The molecule has 0 spiro atoms. The lowest BCUT2D eigenvalue weighted by Crippen LogP contribution is -2.32. The highest BCUT2D eigenvalue weighted by molar-refractivity contribution is 7.18. The Morgan fingerprint density at radius 1 is 1.58 bits per heavy atom. The molecular formula is C18H25N3O2S. The van der Waals surface area contributed by atoms with Gasteiger partial charge in [-0.15, -0.1) is 17.9 Å². The minimum Gasteiger partial charge on any atom is -0.392 e. The van der Waals surface area contributed by atoms with Gasteiger partial charge in [0.15, 0.2) is 0 Å². The van der Waals surface area contributed by atoms with Crippen molar-refractivity contribution in [3.8, 4) is 0 Å². The average Bonchev–Trinajstić information content (AvgIpc) is 2.84. The number of aliphatic hydroxyl groups excluding tert-OH is 1. The van der Waals surface area contributed by atoms with Crippen molar-refractivity contribution in [2.45, 2.75) is 45.8 Å². The van der Waals surface area contributed by atoms with Crippen LogP contribution in [0.1, 0.15) is 36.5 Å². The number of aromatic amines is 1. The molecule has 2 aromatic rings. The number of thiophene rings is 1. The van der Waals surface area contributed by atoms with Crippen LogP contribution in [-0.4, -0.2) is 39.2 Å². The van der Waals surface area contributed by atoms with E-state index < -0.39 is 6.10 Å². The summed E-state index contributed by atoms with van der Waals surface area (Å²) in [5.74, 6) is 1.33. The Morgan fingerprint density at radius 3 is 3.08 bits per heavy atom. The Kier molecular flexibility index (Phi) is 5.18. The third-order valence-electron chi connectivity index (χ3n) is 4.50. The minimum atomic E-state index is -0.434. The molecule has 0 bridgehead atoms. The normalized spacial score (nSPS) is 18.8. The molecule has 0 aliphatic heterocycles. The predicted molar refractivity (Wildman–Crippen MR) is 98.6 cm³/mol. The molecular weight excluding hydrogens is 322 g/mol. The number of nitrogens with zero attached hydrogens (tertiary/aromatic N) is 2. The second-order valence-electron chi connectivity index (χ2n) is 6.88. The van der Waals surface area contributed by atoms with E-state index in [1.165, 1.54) is 10.4 Å². The van der Waals surface area contributed by atoms with Crippen molar-refractivity contribution in [3.05, 3.63) is 39.3 Å². The Morgan fingerprint density at radius 2 is 2.38 bits per heavy atom. The minimum absolute atomic E-state index is 0.0300. The molecule has 1 aliphatic carbocycles. The summed E-state index contributed by atoms with van der Waals surface area (Å²) in [7, 11) is 0. The number of hydrogen-bond acceptors (Lipinski definition) is 5. The third-order valence-corrected chi connectivity index (χ3v) is 5.65. The molecule has 0 unspecified atom stereocenters. The first-order valence-corrected chi connectivity index (χ1v) is 9.34. The summed E-state index contributed by atoms with van der Waals surface area (Å²) in [5.41, 5.74) is 1.18. The summed E-state index contributed by atoms with van der Waals surface area (Å²) in [6.07, 6.45) is 4.53. The molecule has 2 N–H and O–H groups in total. The van der Waals surface area contributed by atoms with Gasteiger partial charge in [0.25, 0.3) is 5.56 Å². The van der Waals surface area contributed by atoms with Crippen molar-refractivity contribution >= 4 is 21.6 Å².